The molecule has 0 bridgehead atoms. The highest BCUT2D eigenvalue weighted by Gasteiger charge is 2.13. The van der Waals surface area contributed by atoms with E-state index >= 15 is 0 Å². The number of ether oxygens (including phenoxy) is 1. The van der Waals surface area contributed by atoms with E-state index in [1.54, 1.807) is 0 Å². The molecule has 18 heavy (non-hydrogen) atoms. The fraction of sp³-hybridized carbons (Fsp3) is 0.364. The van der Waals surface area contributed by atoms with Crippen LogP contribution in [0.15, 0.2) is 18.3 Å². The molecule has 1 rings (SSSR count). The summed E-state index contributed by atoms with van der Waals surface area (Å²) in [5, 5.41) is 11.2. The third kappa shape index (κ3) is 4.11. The number of hydrogen-bond acceptors (Lipinski definition) is 5. The van der Waals surface area contributed by atoms with Gasteiger partial charge in [0.15, 0.2) is 0 Å². The minimum atomic E-state index is -1.12. The second-order valence-electron chi connectivity index (χ2n) is 3.61. The van der Waals surface area contributed by atoms with Crippen LogP contribution in [0.2, 0.25) is 0 Å². The smallest absolute Gasteiger partial charge is 0.354 e. The lowest BCUT2D eigenvalue weighted by molar-refractivity contribution is -0.117. The molecule has 0 fully saturated rings. The van der Waals surface area contributed by atoms with Gasteiger partial charge < -0.3 is 20.9 Å². The van der Waals surface area contributed by atoms with Crippen molar-refractivity contribution >= 4 is 17.6 Å². The lowest BCUT2D eigenvalue weighted by Crippen LogP contribution is -2.36. The topological polar surface area (TPSA) is 115 Å². The summed E-state index contributed by atoms with van der Waals surface area (Å²) in [5.41, 5.74) is 5.94. The molecule has 1 unspecified atom stereocenters. The molecule has 0 aliphatic heterocycles. The highest BCUT2D eigenvalue weighted by Crippen LogP contribution is 2.07. The lowest BCUT2D eigenvalue weighted by atomic mass is 10.2. The van der Waals surface area contributed by atoms with Crippen molar-refractivity contribution in [3.8, 4) is 0 Å². The number of pyridine rings is 1. The van der Waals surface area contributed by atoms with E-state index in [1.165, 1.54) is 25.4 Å². The van der Waals surface area contributed by atoms with Gasteiger partial charge in [0, 0.05) is 13.7 Å². The Morgan fingerprint density at radius 1 is 1.56 bits per heavy atom. The Balaban J connectivity index is 2.56. The van der Waals surface area contributed by atoms with Crippen molar-refractivity contribution in [1.29, 1.82) is 0 Å². The minimum Gasteiger partial charge on any atom is -0.477 e. The third-order valence-corrected chi connectivity index (χ3v) is 2.22. The molecule has 0 radical (unpaired) electrons. The predicted molar refractivity (Wildman–Crippen MR) is 64.3 cm³/mol. The van der Waals surface area contributed by atoms with Gasteiger partial charge in [-0.2, -0.15) is 0 Å². The van der Waals surface area contributed by atoms with Crippen molar-refractivity contribution < 1.29 is 19.4 Å². The molecular weight excluding hydrogens is 238 g/mol. The van der Waals surface area contributed by atoms with Gasteiger partial charge in [-0.05, 0) is 18.6 Å². The second-order valence-corrected chi connectivity index (χ2v) is 3.61. The van der Waals surface area contributed by atoms with E-state index in [-0.39, 0.29) is 11.6 Å². The molecule has 1 aromatic heterocycles. The SMILES string of the molecule is COCCC(N)C(=O)Nc1ccc(C(=O)O)nc1. The summed E-state index contributed by atoms with van der Waals surface area (Å²) in [6, 6.07) is 2.08. The van der Waals surface area contributed by atoms with Crippen LogP contribution in [0.3, 0.4) is 0 Å². The Bertz CT molecular complexity index is 419. The molecule has 0 aliphatic rings. The number of nitrogens with one attached hydrogen (secondary N) is 1. The van der Waals surface area contributed by atoms with Gasteiger partial charge in [0.2, 0.25) is 5.91 Å². The third-order valence-electron chi connectivity index (χ3n) is 2.22. The predicted octanol–water partition coefficient (Wildman–Crippen LogP) is 0.0821. The van der Waals surface area contributed by atoms with Crippen molar-refractivity contribution in [3.05, 3.63) is 24.0 Å². The number of carboxylic acids is 1. The molecule has 1 atom stereocenters. The summed E-state index contributed by atoms with van der Waals surface area (Å²) in [5.74, 6) is -1.48. The van der Waals surface area contributed by atoms with E-state index in [9.17, 15) is 9.59 Å². The fourth-order valence-electron chi connectivity index (χ4n) is 1.21. The molecular formula is C11H15N3O4. The minimum absolute atomic E-state index is 0.0864. The van der Waals surface area contributed by atoms with Crippen LogP contribution in [-0.2, 0) is 9.53 Å². The number of rotatable bonds is 6. The van der Waals surface area contributed by atoms with Gasteiger partial charge in [-0.1, -0.05) is 0 Å². The van der Waals surface area contributed by atoms with Crippen molar-refractivity contribution in [2.75, 3.05) is 19.0 Å². The zero-order valence-corrected chi connectivity index (χ0v) is 9.92. The summed E-state index contributed by atoms with van der Waals surface area (Å²) < 4.78 is 4.82. The number of hydrogen-bond donors (Lipinski definition) is 3. The zero-order valence-electron chi connectivity index (χ0n) is 9.92. The van der Waals surface area contributed by atoms with E-state index in [2.05, 4.69) is 10.3 Å². The largest absolute Gasteiger partial charge is 0.477 e. The first-order valence-electron chi connectivity index (χ1n) is 5.29. The summed E-state index contributed by atoms with van der Waals surface area (Å²) in [4.78, 5) is 25.9. The number of aromatic nitrogens is 1. The molecule has 98 valence electrons. The molecule has 1 aromatic rings. The highest BCUT2D eigenvalue weighted by molar-refractivity contribution is 5.94. The van der Waals surface area contributed by atoms with Crippen LogP contribution < -0.4 is 11.1 Å². The van der Waals surface area contributed by atoms with E-state index in [0.717, 1.165) is 0 Å². The Labute approximate surface area is 104 Å². The van der Waals surface area contributed by atoms with Crippen LogP contribution in [-0.4, -0.2) is 41.7 Å². The molecule has 0 spiro atoms. The Morgan fingerprint density at radius 2 is 2.28 bits per heavy atom. The van der Waals surface area contributed by atoms with Gasteiger partial charge in [0.05, 0.1) is 17.9 Å². The van der Waals surface area contributed by atoms with Crippen molar-refractivity contribution in [3.63, 3.8) is 0 Å². The first-order chi connectivity index (χ1) is 8.54. The number of methoxy groups -OCH3 is 1. The number of anilines is 1. The molecule has 1 amide bonds. The van der Waals surface area contributed by atoms with E-state index in [4.69, 9.17) is 15.6 Å². The molecule has 0 saturated heterocycles. The van der Waals surface area contributed by atoms with Crippen LogP contribution in [0, 0.1) is 0 Å². The monoisotopic (exact) mass is 253 g/mol. The van der Waals surface area contributed by atoms with Gasteiger partial charge in [-0.15, -0.1) is 0 Å². The zero-order chi connectivity index (χ0) is 13.5. The van der Waals surface area contributed by atoms with Gasteiger partial charge in [-0.3, -0.25) is 4.79 Å². The van der Waals surface area contributed by atoms with E-state index in [1.807, 2.05) is 0 Å². The summed E-state index contributed by atoms with van der Waals surface area (Å²) in [6.07, 6.45) is 1.67. The Hall–Kier alpha value is -1.99. The Morgan fingerprint density at radius 3 is 2.78 bits per heavy atom. The molecule has 7 nitrogen and oxygen atoms in total. The maximum Gasteiger partial charge on any atom is 0.354 e. The number of carbonyl (C=O) groups is 2. The maximum atomic E-state index is 11.6. The van der Waals surface area contributed by atoms with E-state index in [0.29, 0.717) is 18.7 Å². The molecule has 7 heteroatoms. The maximum absolute atomic E-state index is 11.6. The molecule has 0 aromatic carbocycles. The number of aromatic carboxylic acids is 1. The quantitative estimate of drug-likeness (QED) is 0.661. The number of carboxylic acid groups (broad SMARTS) is 1. The van der Waals surface area contributed by atoms with Crippen molar-refractivity contribution in [2.24, 2.45) is 5.73 Å². The lowest BCUT2D eigenvalue weighted by Gasteiger charge is -2.11. The van der Waals surface area contributed by atoms with Crippen molar-refractivity contribution in [2.45, 2.75) is 12.5 Å². The van der Waals surface area contributed by atoms with Crippen LogP contribution >= 0.6 is 0 Å². The Kier molecular flexibility index (Phi) is 5.22. The average molecular weight is 253 g/mol. The van der Waals surface area contributed by atoms with Crippen LogP contribution in [0.25, 0.3) is 0 Å². The summed E-state index contributed by atoms with van der Waals surface area (Å²) in [6.45, 7) is 0.394. The number of carbonyl (C=O) groups excluding carboxylic acids is 1. The summed E-state index contributed by atoms with van der Waals surface area (Å²) in [7, 11) is 1.53. The second kappa shape index (κ2) is 6.67. The van der Waals surface area contributed by atoms with Crippen molar-refractivity contribution in [1.82, 2.24) is 4.98 Å². The van der Waals surface area contributed by atoms with Gasteiger partial charge in [0.25, 0.3) is 0 Å². The number of nitrogens with zero attached hydrogens (tertiary/aromatic N) is 1. The number of amides is 1. The highest BCUT2D eigenvalue weighted by atomic mass is 16.5. The molecule has 0 aliphatic carbocycles. The van der Waals surface area contributed by atoms with Crippen LogP contribution in [0.5, 0.6) is 0 Å². The summed E-state index contributed by atoms with van der Waals surface area (Å²) >= 11 is 0. The van der Waals surface area contributed by atoms with Gasteiger partial charge in [0.1, 0.15) is 5.69 Å². The fourth-order valence-corrected chi connectivity index (χ4v) is 1.21. The standard InChI is InChI=1S/C11H15N3O4/c1-18-5-4-8(12)10(15)14-7-2-3-9(11(16)17)13-6-7/h2-3,6,8H,4-5,12H2,1H3,(H,14,15)(H,16,17). The van der Waals surface area contributed by atoms with Crippen LogP contribution in [0.4, 0.5) is 5.69 Å². The average Bonchev–Trinajstić information content (AvgIpc) is 2.36. The molecule has 0 saturated carbocycles. The first kappa shape index (κ1) is 14.1. The van der Waals surface area contributed by atoms with Gasteiger partial charge >= 0.3 is 5.97 Å². The molecule has 4 N–H and O–H groups in total. The van der Waals surface area contributed by atoms with Crippen LogP contribution in [0.1, 0.15) is 16.9 Å². The molecule has 1 heterocycles. The number of nitrogens with two attached hydrogens (primary N) is 1. The van der Waals surface area contributed by atoms with E-state index < -0.39 is 12.0 Å². The normalized spacial score (nSPS) is 11.9. The van der Waals surface area contributed by atoms with Gasteiger partial charge in [-0.25, -0.2) is 9.78 Å². The first-order valence-corrected chi connectivity index (χ1v) is 5.29.